The molecule has 0 saturated carbocycles. The lowest BCUT2D eigenvalue weighted by molar-refractivity contribution is -0.137. The standard InChI is InChI=1S/C57H98N16O14/c1-7-8-9-10-14-17-45(77)64-37(18-24-58)52(82)73-47(34(5)75)57(87)69-39(20-26-60)48(78)67-42-23-29-63-56(86)46(33(4)74)72-53(83)40(21-27-61)66-50(80)41(22-28-62-35(6)76)68-54(84)43(30-32(2)3)70-55(85)44(31-36-15-12-11-13-16-36)71-49(79)38(19-25-59)65-51(42)81/h11-13,15-16,32-34,37-44,46-47,74-75H,7-10,14,17-31,58-61H2,1-6H3,(H,62,76)(H,63,86)(H,64,77)(H,65,81)(H,66,80)(H,67,78)(H,68,84)(H,69,87)(H,70,85)(H,71,79)(H,72,83)(H,73,82)/t33-,34-,37+,38+,39+,40+,41+,42+,43+,44-,46+,47+/m1/s1. The number of amides is 12. The SMILES string of the molecule is CCCCCCCC(=O)N[C@@H](CCN)C(=O)N[C@H](C(=O)N[C@@H](CCN)C(=O)N[C@H]1CCNC(=O)[C@H]([C@@H](C)O)NC(=O)[C@H](CCN)NC(=O)[C@H](CCNC(C)=O)NC(=O)[C@H](CC(C)C)NC(=O)[C@@H](Cc2ccccc2)NC(=O)[C@H](CCN)NC1=O)[C@@H](C)O. The zero-order chi connectivity index (χ0) is 65.2. The van der Waals surface area contributed by atoms with Gasteiger partial charge in [-0.2, -0.15) is 0 Å². The number of unbranched alkanes of at least 4 members (excludes halogenated alkanes) is 4. The number of carbonyl (C=O) groups excluding carboxylic acids is 12. The number of nitrogens with one attached hydrogen (secondary N) is 12. The summed E-state index contributed by atoms with van der Waals surface area (Å²) in [7, 11) is 0. The second-order valence-corrected chi connectivity index (χ2v) is 22.1. The van der Waals surface area contributed by atoms with Gasteiger partial charge in [0.15, 0.2) is 0 Å². The second-order valence-electron chi connectivity index (χ2n) is 22.1. The molecule has 1 aliphatic rings. The summed E-state index contributed by atoms with van der Waals surface area (Å²) < 4.78 is 0. The van der Waals surface area contributed by atoms with Gasteiger partial charge in [0, 0.05) is 32.9 Å². The molecule has 22 N–H and O–H groups in total. The first kappa shape index (κ1) is 75.7. The molecule has 1 saturated heterocycles. The minimum atomic E-state index is -1.72. The number of hydrogen-bond acceptors (Lipinski definition) is 18. The van der Waals surface area contributed by atoms with E-state index in [0.717, 1.165) is 25.7 Å². The van der Waals surface area contributed by atoms with Crippen molar-refractivity contribution in [2.75, 3.05) is 39.3 Å². The molecule has 0 radical (unpaired) electrons. The summed E-state index contributed by atoms with van der Waals surface area (Å²) in [4.78, 5) is 166. The molecule has 12 amide bonds. The summed E-state index contributed by atoms with van der Waals surface area (Å²) in [6.07, 6.45) is -0.266. The van der Waals surface area contributed by atoms with E-state index in [1.54, 1.807) is 44.2 Å². The van der Waals surface area contributed by atoms with Crippen LogP contribution < -0.4 is 86.7 Å². The van der Waals surface area contributed by atoms with E-state index in [2.05, 4.69) is 70.7 Å². The van der Waals surface area contributed by atoms with Crippen LogP contribution in [0.5, 0.6) is 0 Å². The van der Waals surface area contributed by atoms with Crippen molar-refractivity contribution < 1.29 is 67.7 Å². The molecule has 2 rings (SSSR count). The third kappa shape index (κ3) is 28.3. The predicted octanol–water partition coefficient (Wildman–Crippen LogP) is -5.31. The summed E-state index contributed by atoms with van der Waals surface area (Å²) in [5, 5.41) is 52.2. The van der Waals surface area contributed by atoms with Crippen LogP contribution in [0.15, 0.2) is 30.3 Å². The quantitative estimate of drug-likeness (QED) is 0.0320. The fraction of sp³-hybridized carbons (Fsp3) is 0.684. The third-order valence-corrected chi connectivity index (χ3v) is 14.1. The highest BCUT2D eigenvalue weighted by Crippen LogP contribution is 2.12. The lowest BCUT2D eigenvalue weighted by Gasteiger charge is -2.29. The van der Waals surface area contributed by atoms with Crippen molar-refractivity contribution in [2.24, 2.45) is 28.9 Å². The molecule has 490 valence electrons. The van der Waals surface area contributed by atoms with Crippen molar-refractivity contribution in [3.05, 3.63) is 35.9 Å². The molecule has 30 heteroatoms. The summed E-state index contributed by atoms with van der Waals surface area (Å²) in [5.41, 5.74) is 24.1. The fourth-order valence-electron chi connectivity index (χ4n) is 9.25. The van der Waals surface area contributed by atoms with E-state index in [1.807, 2.05) is 0 Å². The number of nitrogens with two attached hydrogens (primary N) is 4. The second kappa shape index (κ2) is 40.9. The first-order valence-corrected chi connectivity index (χ1v) is 30.1. The van der Waals surface area contributed by atoms with Gasteiger partial charge < -0.3 is 96.9 Å². The third-order valence-electron chi connectivity index (χ3n) is 14.1. The number of hydrogen-bond donors (Lipinski definition) is 18. The van der Waals surface area contributed by atoms with E-state index in [-0.39, 0.29) is 90.0 Å². The first-order valence-electron chi connectivity index (χ1n) is 30.1. The topological polar surface area (TPSA) is 494 Å². The van der Waals surface area contributed by atoms with Crippen LogP contribution in [0, 0.1) is 5.92 Å². The zero-order valence-corrected chi connectivity index (χ0v) is 51.1. The van der Waals surface area contributed by atoms with E-state index >= 15 is 0 Å². The van der Waals surface area contributed by atoms with Gasteiger partial charge in [-0.25, -0.2) is 0 Å². The van der Waals surface area contributed by atoms with Gasteiger partial charge in [0.2, 0.25) is 70.9 Å². The number of aliphatic hydroxyl groups is 2. The van der Waals surface area contributed by atoms with Crippen LogP contribution in [0.2, 0.25) is 0 Å². The van der Waals surface area contributed by atoms with Gasteiger partial charge >= 0.3 is 0 Å². The molecule has 1 fully saturated rings. The van der Waals surface area contributed by atoms with Gasteiger partial charge in [-0.15, -0.1) is 0 Å². The molecule has 0 unspecified atom stereocenters. The molecule has 0 spiro atoms. The Hall–Kier alpha value is -7.38. The lowest BCUT2D eigenvalue weighted by Crippen LogP contribution is -2.62. The normalized spacial score (nSPS) is 22.2. The predicted molar refractivity (Wildman–Crippen MR) is 321 cm³/mol. The monoisotopic (exact) mass is 1230 g/mol. The maximum Gasteiger partial charge on any atom is 0.245 e. The minimum Gasteiger partial charge on any atom is -0.391 e. The Morgan fingerprint density at radius 2 is 1.10 bits per heavy atom. The molecule has 30 nitrogen and oxygen atoms in total. The fourth-order valence-corrected chi connectivity index (χ4v) is 9.25. The van der Waals surface area contributed by atoms with E-state index < -0.39 is 156 Å². The number of benzene rings is 1. The molecule has 0 aromatic heterocycles. The van der Waals surface area contributed by atoms with Crippen molar-refractivity contribution >= 4 is 70.9 Å². The van der Waals surface area contributed by atoms with Crippen LogP contribution >= 0.6 is 0 Å². The Morgan fingerprint density at radius 1 is 0.586 bits per heavy atom. The van der Waals surface area contributed by atoms with E-state index in [9.17, 15) is 67.7 Å². The Morgan fingerprint density at radius 3 is 1.64 bits per heavy atom. The summed E-state index contributed by atoms with van der Waals surface area (Å²) in [5.74, 6) is -10.7. The van der Waals surface area contributed by atoms with E-state index in [0.29, 0.717) is 12.0 Å². The minimum absolute atomic E-state index is 0.00699. The van der Waals surface area contributed by atoms with Gasteiger partial charge in [0.05, 0.1) is 12.2 Å². The van der Waals surface area contributed by atoms with Gasteiger partial charge in [0.1, 0.15) is 60.4 Å². The molecular weight excluding hydrogens is 1130 g/mol. The Kier molecular flexibility index (Phi) is 35.6. The molecule has 1 heterocycles. The van der Waals surface area contributed by atoms with Gasteiger partial charge in [-0.1, -0.05) is 76.8 Å². The van der Waals surface area contributed by atoms with Crippen molar-refractivity contribution in [3.63, 3.8) is 0 Å². The van der Waals surface area contributed by atoms with Crippen LogP contribution in [-0.2, 0) is 64.0 Å². The highest BCUT2D eigenvalue weighted by molar-refractivity contribution is 5.99. The van der Waals surface area contributed by atoms with Crippen LogP contribution in [0.3, 0.4) is 0 Å². The number of carbonyl (C=O) groups is 12. The van der Waals surface area contributed by atoms with Crippen molar-refractivity contribution in [1.29, 1.82) is 0 Å². The molecule has 0 aliphatic carbocycles. The van der Waals surface area contributed by atoms with Crippen LogP contribution in [0.25, 0.3) is 0 Å². The summed E-state index contributed by atoms with van der Waals surface area (Å²) in [6.45, 7) is 7.96. The molecular formula is C57H98N16O14. The average molecular weight is 1230 g/mol. The molecule has 87 heavy (non-hydrogen) atoms. The Labute approximate surface area is 509 Å². The summed E-state index contributed by atoms with van der Waals surface area (Å²) in [6, 6.07) is -6.60. The highest BCUT2D eigenvalue weighted by atomic mass is 16.3. The van der Waals surface area contributed by atoms with Crippen LogP contribution in [0.4, 0.5) is 0 Å². The largest absolute Gasteiger partial charge is 0.391 e. The zero-order valence-electron chi connectivity index (χ0n) is 51.1. The maximum absolute atomic E-state index is 14.6. The molecule has 1 aromatic carbocycles. The van der Waals surface area contributed by atoms with Crippen LogP contribution in [0.1, 0.15) is 131 Å². The van der Waals surface area contributed by atoms with E-state index in [4.69, 9.17) is 22.9 Å². The molecule has 0 bridgehead atoms. The lowest BCUT2D eigenvalue weighted by atomic mass is 10.00. The highest BCUT2D eigenvalue weighted by Gasteiger charge is 2.38. The number of rotatable bonds is 30. The number of aliphatic hydroxyl groups excluding tert-OH is 2. The molecule has 12 atom stereocenters. The molecule has 1 aliphatic heterocycles. The average Bonchev–Trinajstić information content (AvgIpc) is 3.03. The van der Waals surface area contributed by atoms with Crippen molar-refractivity contribution in [2.45, 2.75) is 204 Å². The van der Waals surface area contributed by atoms with E-state index in [1.165, 1.54) is 20.8 Å². The smallest absolute Gasteiger partial charge is 0.245 e. The van der Waals surface area contributed by atoms with Crippen molar-refractivity contribution in [3.8, 4) is 0 Å². The van der Waals surface area contributed by atoms with Gasteiger partial charge in [-0.3, -0.25) is 57.5 Å². The Balaban J connectivity index is 2.72. The Bertz CT molecular complexity index is 2400. The van der Waals surface area contributed by atoms with Gasteiger partial charge in [-0.05, 0) is 103 Å². The summed E-state index contributed by atoms with van der Waals surface area (Å²) >= 11 is 0. The molecule has 1 aromatic rings. The maximum atomic E-state index is 14.6. The van der Waals surface area contributed by atoms with Crippen LogP contribution in [-0.4, -0.2) is 193 Å². The van der Waals surface area contributed by atoms with Gasteiger partial charge in [0.25, 0.3) is 0 Å². The van der Waals surface area contributed by atoms with Crippen molar-refractivity contribution in [1.82, 2.24) is 63.8 Å². The first-order chi connectivity index (χ1) is 41.3.